The zero-order valence-electron chi connectivity index (χ0n) is 16.2. The highest BCUT2D eigenvalue weighted by molar-refractivity contribution is 5.45. The van der Waals surface area contributed by atoms with Crippen molar-refractivity contribution in [2.24, 2.45) is 0 Å². The molecule has 0 saturated heterocycles. The molecule has 1 aromatic carbocycles. The maximum absolute atomic E-state index is 12.8. The van der Waals surface area contributed by atoms with E-state index in [2.05, 4.69) is 9.97 Å². The van der Waals surface area contributed by atoms with Gasteiger partial charge in [-0.25, -0.2) is 14.2 Å². The lowest BCUT2D eigenvalue weighted by Crippen LogP contribution is -2.22. The molecule has 9 heteroatoms. The topological polar surface area (TPSA) is 93.3 Å². The number of aromatic nitrogens is 3. The van der Waals surface area contributed by atoms with Gasteiger partial charge >= 0.3 is 5.69 Å². The van der Waals surface area contributed by atoms with E-state index in [0.29, 0.717) is 23.4 Å². The number of nitrogens with zero attached hydrogens (tertiary/aromatic N) is 5. The van der Waals surface area contributed by atoms with Gasteiger partial charge in [0.05, 0.1) is 0 Å². The van der Waals surface area contributed by atoms with Crippen LogP contribution in [0.3, 0.4) is 0 Å². The highest BCUT2D eigenvalue weighted by Gasteiger charge is 2.19. The second kappa shape index (κ2) is 8.21. The minimum atomic E-state index is -0.609. The van der Waals surface area contributed by atoms with E-state index in [1.165, 1.54) is 6.20 Å². The number of nitriles is 1. The molecule has 3 heterocycles. The number of benzene rings is 1. The van der Waals surface area contributed by atoms with Gasteiger partial charge in [-0.2, -0.15) is 10.2 Å². The van der Waals surface area contributed by atoms with Crippen LogP contribution in [0.25, 0.3) is 0 Å². The Balaban J connectivity index is 1.50. The third-order valence-electron chi connectivity index (χ3n) is 4.70. The number of likely N-dealkylation sites (N-methyl/N-ethyl adjacent to an activating group) is 1. The van der Waals surface area contributed by atoms with Crippen molar-refractivity contribution in [3.05, 3.63) is 69.8 Å². The smallest absolute Gasteiger partial charge is 0.352 e. The van der Waals surface area contributed by atoms with E-state index in [-0.39, 0.29) is 29.6 Å². The Morgan fingerprint density at radius 3 is 2.90 bits per heavy atom. The van der Waals surface area contributed by atoms with Gasteiger partial charge in [0.25, 0.3) is 0 Å². The molecule has 30 heavy (non-hydrogen) atoms. The van der Waals surface area contributed by atoms with E-state index < -0.39 is 6.67 Å². The molecule has 4 rings (SSSR count). The molecule has 3 aromatic rings. The highest BCUT2D eigenvalue weighted by atomic mass is 19.1. The van der Waals surface area contributed by atoms with Gasteiger partial charge < -0.3 is 14.4 Å². The fourth-order valence-corrected chi connectivity index (χ4v) is 3.14. The second-order valence-electron chi connectivity index (χ2n) is 6.79. The maximum Gasteiger partial charge on any atom is 0.352 e. The molecule has 0 saturated carbocycles. The van der Waals surface area contributed by atoms with Crippen molar-refractivity contribution >= 4 is 5.82 Å². The Morgan fingerprint density at radius 2 is 2.10 bits per heavy atom. The normalized spacial score (nSPS) is 12.4. The summed E-state index contributed by atoms with van der Waals surface area (Å²) in [5.41, 5.74) is 0.942. The van der Waals surface area contributed by atoms with Gasteiger partial charge in [-0.3, -0.25) is 4.57 Å². The molecule has 0 radical (unpaired) electrons. The molecule has 0 atom stereocenters. The number of fused-ring (bicyclic) bond motifs is 1. The minimum Gasteiger partial charge on any atom is -0.473 e. The first-order chi connectivity index (χ1) is 14.6. The number of ether oxygens (including phenoxy) is 2. The Labute approximate surface area is 171 Å². The first-order valence-corrected chi connectivity index (χ1v) is 9.25. The molecule has 0 aliphatic carbocycles. The van der Waals surface area contributed by atoms with E-state index in [0.717, 1.165) is 12.4 Å². The fourth-order valence-electron chi connectivity index (χ4n) is 3.14. The SMILES string of the molecule is CN1CCn2c1cc(OCc1cnc(Oc3cccc(CF)c3)c(C#N)c1)nc2=O. The summed E-state index contributed by atoms with van der Waals surface area (Å²) in [4.78, 5) is 22.2. The molecule has 1 aliphatic rings. The van der Waals surface area contributed by atoms with Crippen molar-refractivity contribution in [3.63, 3.8) is 0 Å². The molecule has 8 nitrogen and oxygen atoms in total. The third-order valence-corrected chi connectivity index (χ3v) is 4.70. The predicted octanol–water partition coefficient (Wildman–Crippen LogP) is 2.80. The van der Waals surface area contributed by atoms with Crippen LogP contribution in [0, 0.1) is 11.3 Å². The Hall–Kier alpha value is -3.93. The molecule has 0 amide bonds. The summed E-state index contributed by atoms with van der Waals surface area (Å²) in [6.07, 6.45) is 1.52. The van der Waals surface area contributed by atoms with Crippen LogP contribution < -0.4 is 20.1 Å². The van der Waals surface area contributed by atoms with Crippen LogP contribution >= 0.6 is 0 Å². The molecule has 0 spiro atoms. The van der Waals surface area contributed by atoms with Gasteiger partial charge in [0, 0.05) is 38.0 Å². The Kier molecular flexibility index (Phi) is 5.30. The van der Waals surface area contributed by atoms with Crippen molar-refractivity contribution in [1.29, 1.82) is 5.26 Å². The van der Waals surface area contributed by atoms with Crippen LogP contribution in [-0.4, -0.2) is 28.1 Å². The van der Waals surface area contributed by atoms with Crippen LogP contribution in [-0.2, 0) is 19.8 Å². The number of hydrogen-bond acceptors (Lipinski definition) is 7. The quantitative estimate of drug-likeness (QED) is 0.620. The summed E-state index contributed by atoms with van der Waals surface area (Å²) in [6.45, 7) is 0.815. The molecule has 1 aliphatic heterocycles. The van der Waals surface area contributed by atoms with Crippen LogP contribution in [0.2, 0.25) is 0 Å². The van der Waals surface area contributed by atoms with Gasteiger partial charge in [0.2, 0.25) is 11.8 Å². The minimum absolute atomic E-state index is 0.0822. The van der Waals surface area contributed by atoms with Crippen LogP contribution in [0.4, 0.5) is 10.2 Å². The first-order valence-electron chi connectivity index (χ1n) is 9.25. The highest BCUT2D eigenvalue weighted by Crippen LogP contribution is 2.25. The van der Waals surface area contributed by atoms with E-state index in [1.54, 1.807) is 41.0 Å². The summed E-state index contributed by atoms with van der Waals surface area (Å²) in [5, 5.41) is 9.45. The number of pyridine rings is 1. The standard InChI is InChI=1S/C21H18FN5O3/c1-26-5-6-27-19(26)9-18(25-21(27)28)29-13-15-7-16(11-23)20(24-12-15)30-17-4-2-3-14(8-17)10-22/h2-4,7-9,12H,5-6,10,13H2,1H3. The van der Waals surface area contributed by atoms with Crippen LogP contribution in [0.5, 0.6) is 17.5 Å². The number of alkyl halides is 1. The lowest BCUT2D eigenvalue weighted by atomic mass is 10.2. The lowest BCUT2D eigenvalue weighted by molar-refractivity contribution is 0.291. The molecule has 152 valence electrons. The van der Waals surface area contributed by atoms with Gasteiger partial charge in [0.1, 0.15) is 36.5 Å². The van der Waals surface area contributed by atoms with E-state index in [1.807, 2.05) is 18.0 Å². The van der Waals surface area contributed by atoms with Crippen molar-refractivity contribution in [2.75, 3.05) is 18.5 Å². The maximum atomic E-state index is 12.8. The molecule has 2 aromatic heterocycles. The van der Waals surface area contributed by atoms with Crippen LogP contribution in [0.15, 0.2) is 47.4 Å². The van der Waals surface area contributed by atoms with Crippen molar-refractivity contribution < 1.29 is 13.9 Å². The summed E-state index contributed by atoms with van der Waals surface area (Å²) >= 11 is 0. The average molecular weight is 407 g/mol. The summed E-state index contributed by atoms with van der Waals surface area (Å²) < 4.78 is 25.7. The third kappa shape index (κ3) is 3.93. The van der Waals surface area contributed by atoms with Gasteiger partial charge in [-0.05, 0) is 23.8 Å². The summed E-state index contributed by atoms with van der Waals surface area (Å²) in [5.74, 6) is 1.47. The van der Waals surface area contributed by atoms with E-state index in [4.69, 9.17) is 9.47 Å². The van der Waals surface area contributed by atoms with E-state index >= 15 is 0 Å². The summed E-state index contributed by atoms with van der Waals surface area (Å²) in [6, 6.07) is 11.9. The molecule has 0 fully saturated rings. The van der Waals surface area contributed by atoms with Gasteiger partial charge in [-0.1, -0.05) is 12.1 Å². The molecule has 0 N–H and O–H groups in total. The van der Waals surface area contributed by atoms with Gasteiger partial charge in [-0.15, -0.1) is 0 Å². The van der Waals surface area contributed by atoms with E-state index in [9.17, 15) is 14.4 Å². The Bertz CT molecular complexity index is 1190. The number of hydrogen-bond donors (Lipinski definition) is 0. The van der Waals surface area contributed by atoms with Crippen molar-refractivity contribution in [3.8, 4) is 23.6 Å². The number of halogens is 1. The largest absolute Gasteiger partial charge is 0.473 e. The molecule has 0 unspecified atom stereocenters. The average Bonchev–Trinajstić information content (AvgIpc) is 3.14. The lowest BCUT2D eigenvalue weighted by Gasteiger charge is -2.12. The second-order valence-corrected chi connectivity index (χ2v) is 6.79. The summed E-state index contributed by atoms with van der Waals surface area (Å²) in [7, 11) is 1.90. The van der Waals surface area contributed by atoms with Crippen molar-refractivity contribution in [1.82, 2.24) is 14.5 Å². The Morgan fingerprint density at radius 1 is 1.23 bits per heavy atom. The van der Waals surface area contributed by atoms with Gasteiger partial charge in [0.15, 0.2) is 0 Å². The predicted molar refractivity (Wildman–Crippen MR) is 106 cm³/mol. The monoisotopic (exact) mass is 407 g/mol. The molecular weight excluding hydrogens is 389 g/mol. The number of rotatable bonds is 6. The zero-order valence-corrected chi connectivity index (χ0v) is 16.2. The fraction of sp³-hybridized carbons (Fsp3) is 0.238. The molecular formula is C21H18FN5O3. The zero-order chi connectivity index (χ0) is 21.1. The first kappa shape index (κ1) is 19.4. The molecule has 0 bridgehead atoms. The van der Waals surface area contributed by atoms with Crippen LogP contribution in [0.1, 0.15) is 16.7 Å². The number of anilines is 1. The van der Waals surface area contributed by atoms with Crippen molar-refractivity contribution in [2.45, 2.75) is 19.8 Å².